The molecule has 1 aliphatic rings. The Hall–Kier alpha value is -1.73. The number of hydrogen-bond donors (Lipinski definition) is 3. The number of nitrogens with one attached hydrogen (secondary N) is 2. The minimum atomic E-state index is -0.324. The van der Waals surface area contributed by atoms with E-state index < -0.39 is 0 Å². The summed E-state index contributed by atoms with van der Waals surface area (Å²) >= 11 is 6.14. The normalized spacial score (nSPS) is 22.6. The number of nitrogens with two attached hydrogens (primary N) is 1. The zero-order chi connectivity index (χ0) is 19.3. The van der Waals surface area contributed by atoms with Crippen LogP contribution in [0.3, 0.4) is 0 Å². The molecule has 4 atom stereocenters. The molecule has 4 N–H and O–H groups in total. The molecule has 1 fully saturated rings. The van der Waals surface area contributed by atoms with Crippen molar-refractivity contribution >= 4 is 34.7 Å². The van der Waals surface area contributed by atoms with E-state index in [1.165, 1.54) is 0 Å². The maximum absolute atomic E-state index is 11.2. The molecule has 1 saturated heterocycles. The topological polar surface area (TPSA) is 92.5 Å². The summed E-state index contributed by atoms with van der Waals surface area (Å²) < 4.78 is 5.80. The fourth-order valence-electron chi connectivity index (χ4n) is 3.29. The van der Waals surface area contributed by atoms with Gasteiger partial charge in [-0.1, -0.05) is 6.92 Å². The number of carbonyl (C=O) groups is 1. The number of hydrogen-bond acceptors (Lipinski definition) is 6. The SMILES string of the molecule is CNc1cnc(N2CC(C)OC(C)C2)cc1N[C@@H](CCl)C(C)CC(N)=O. The van der Waals surface area contributed by atoms with Crippen molar-refractivity contribution in [3.63, 3.8) is 0 Å². The predicted molar refractivity (Wildman–Crippen MR) is 107 cm³/mol. The molecule has 8 heteroatoms. The van der Waals surface area contributed by atoms with Crippen LogP contribution in [0.2, 0.25) is 0 Å². The maximum Gasteiger partial charge on any atom is 0.217 e. The molecule has 1 aromatic rings. The minimum absolute atomic E-state index is 0.0229. The molecule has 0 saturated carbocycles. The molecule has 0 aliphatic carbocycles. The van der Waals surface area contributed by atoms with E-state index in [0.717, 1.165) is 30.3 Å². The van der Waals surface area contributed by atoms with Crippen molar-refractivity contribution in [2.24, 2.45) is 11.7 Å². The van der Waals surface area contributed by atoms with Crippen LogP contribution in [0.15, 0.2) is 12.3 Å². The van der Waals surface area contributed by atoms with Gasteiger partial charge in [-0.2, -0.15) is 0 Å². The van der Waals surface area contributed by atoms with Crippen LogP contribution in [0.25, 0.3) is 0 Å². The average Bonchev–Trinajstić information content (AvgIpc) is 2.57. The molecule has 0 bridgehead atoms. The van der Waals surface area contributed by atoms with Gasteiger partial charge in [0, 0.05) is 44.5 Å². The molecule has 26 heavy (non-hydrogen) atoms. The Labute approximate surface area is 160 Å². The van der Waals surface area contributed by atoms with Crippen molar-refractivity contribution in [3.05, 3.63) is 12.3 Å². The number of pyridine rings is 1. The smallest absolute Gasteiger partial charge is 0.217 e. The number of halogens is 1. The van der Waals surface area contributed by atoms with Gasteiger partial charge in [-0.25, -0.2) is 4.98 Å². The lowest BCUT2D eigenvalue weighted by atomic mass is 9.99. The summed E-state index contributed by atoms with van der Waals surface area (Å²) in [7, 11) is 1.85. The molecule has 2 rings (SSSR count). The van der Waals surface area contributed by atoms with Crippen LogP contribution in [-0.4, -0.2) is 55.2 Å². The minimum Gasteiger partial charge on any atom is -0.385 e. The fraction of sp³-hybridized carbons (Fsp3) is 0.667. The molecule has 1 aliphatic heterocycles. The maximum atomic E-state index is 11.2. The molecule has 1 amide bonds. The lowest BCUT2D eigenvalue weighted by molar-refractivity contribution is -0.118. The van der Waals surface area contributed by atoms with Crippen molar-refractivity contribution in [1.82, 2.24) is 4.98 Å². The van der Waals surface area contributed by atoms with E-state index in [4.69, 9.17) is 22.1 Å². The lowest BCUT2D eigenvalue weighted by Crippen LogP contribution is -2.45. The van der Waals surface area contributed by atoms with E-state index in [-0.39, 0.29) is 36.5 Å². The highest BCUT2D eigenvalue weighted by Gasteiger charge is 2.25. The third-order valence-corrected chi connectivity index (χ3v) is 4.95. The van der Waals surface area contributed by atoms with Crippen molar-refractivity contribution in [3.8, 4) is 0 Å². The monoisotopic (exact) mass is 383 g/mol. The summed E-state index contributed by atoms with van der Waals surface area (Å²) in [5, 5.41) is 6.60. The molecular weight excluding hydrogens is 354 g/mol. The summed E-state index contributed by atoms with van der Waals surface area (Å²) in [6, 6.07) is 1.95. The van der Waals surface area contributed by atoms with Gasteiger partial charge < -0.3 is 26.0 Å². The Kier molecular flexibility index (Phi) is 7.34. The number of carbonyl (C=O) groups excluding carboxylic acids is 1. The summed E-state index contributed by atoms with van der Waals surface area (Å²) in [6.07, 6.45) is 2.42. The highest BCUT2D eigenvalue weighted by atomic mass is 35.5. The fourth-order valence-corrected chi connectivity index (χ4v) is 3.67. The molecule has 2 heterocycles. The van der Waals surface area contributed by atoms with E-state index in [1.807, 2.05) is 26.2 Å². The van der Waals surface area contributed by atoms with Crippen LogP contribution < -0.4 is 21.3 Å². The Morgan fingerprint density at radius 1 is 1.42 bits per heavy atom. The van der Waals surface area contributed by atoms with Gasteiger partial charge in [0.15, 0.2) is 0 Å². The van der Waals surface area contributed by atoms with E-state index in [0.29, 0.717) is 5.88 Å². The quantitative estimate of drug-likeness (QED) is 0.596. The molecule has 3 unspecified atom stereocenters. The van der Waals surface area contributed by atoms with Crippen molar-refractivity contribution in [1.29, 1.82) is 0 Å². The Morgan fingerprint density at radius 3 is 2.62 bits per heavy atom. The summed E-state index contributed by atoms with van der Waals surface area (Å²) in [6.45, 7) is 7.70. The number of ether oxygens (including phenoxy) is 1. The van der Waals surface area contributed by atoms with Gasteiger partial charge in [0.2, 0.25) is 5.91 Å². The summed E-state index contributed by atoms with van der Waals surface area (Å²) in [5.74, 6) is 0.968. The van der Waals surface area contributed by atoms with Gasteiger partial charge in [-0.3, -0.25) is 4.79 Å². The van der Waals surface area contributed by atoms with E-state index in [1.54, 1.807) is 0 Å². The highest BCUT2D eigenvalue weighted by Crippen LogP contribution is 2.29. The number of aromatic nitrogens is 1. The molecule has 7 nitrogen and oxygen atoms in total. The zero-order valence-electron chi connectivity index (χ0n) is 16.0. The largest absolute Gasteiger partial charge is 0.385 e. The van der Waals surface area contributed by atoms with E-state index >= 15 is 0 Å². The second-order valence-electron chi connectivity index (χ2n) is 7.05. The molecule has 146 valence electrons. The number of anilines is 3. The molecule has 0 radical (unpaired) electrons. The average molecular weight is 384 g/mol. The third-order valence-electron chi connectivity index (χ3n) is 4.62. The number of nitrogens with zero attached hydrogens (tertiary/aromatic N) is 2. The van der Waals surface area contributed by atoms with Crippen molar-refractivity contribution < 1.29 is 9.53 Å². The van der Waals surface area contributed by atoms with Gasteiger partial charge in [0.25, 0.3) is 0 Å². The zero-order valence-corrected chi connectivity index (χ0v) is 16.7. The van der Waals surface area contributed by atoms with Crippen LogP contribution in [0.1, 0.15) is 27.2 Å². The van der Waals surface area contributed by atoms with Crippen LogP contribution in [-0.2, 0) is 9.53 Å². The summed E-state index contributed by atoms with van der Waals surface area (Å²) in [4.78, 5) is 18.1. The van der Waals surface area contributed by atoms with Gasteiger partial charge in [0.1, 0.15) is 5.82 Å². The number of amides is 1. The number of alkyl halides is 1. The van der Waals surface area contributed by atoms with Crippen LogP contribution in [0, 0.1) is 5.92 Å². The highest BCUT2D eigenvalue weighted by molar-refractivity contribution is 6.18. The standard InChI is InChI=1S/C18H30ClN5O2/c1-11(5-17(20)25)15(7-19)23-14-6-18(22-8-16(14)21-4)24-9-12(2)26-13(3)10-24/h6,8,11-13,15,21H,5,7,9-10H2,1-4H3,(H2,20,25)(H,22,23)/t11?,12?,13?,15-/m0/s1. The first kappa shape index (κ1) is 20.6. The van der Waals surface area contributed by atoms with Crippen molar-refractivity contribution in [2.45, 2.75) is 45.4 Å². The molecule has 1 aromatic heterocycles. The second kappa shape index (κ2) is 9.28. The van der Waals surface area contributed by atoms with Gasteiger partial charge >= 0.3 is 0 Å². The van der Waals surface area contributed by atoms with Gasteiger partial charge in [0.05, 0.1) is 29.8 Å². The number of morpholine rings is 1. The van der Waals surface area contributed by atoms with Gasteiger partial charge in [-0.05, 0) is 19.8 Å². The molecule has 0 aromatic carbocycles. The second-order valence-corrected chi connectivity index (χ2v) is 7.36. The van der Waals surface area contributed by atoms with Crippen molar-refractivity contribution in [2.75, 3.05) is 41.6 Å². The molecule has 0 spiro atoms. The first-order chi connectivity index (χ1) is 12.3. The van der Waals surface area contributed by atoms with Gasteiger partial charge in [-0.15, -0.1) is 11.6 Å². The first-order valence-corrected chi connectivity index (χ1v) is 9.56. The number of rotatable bonds is 8. The lowest BCUT2D eigenvalue weighted by Gasteiger charge is -2.36. The van der Waals surface area contributed by atoms with E-state index in [9.17, 15) is 4.79 Å². The van der Waals surface area contributed by atoms with E-state index in [2.05, 4.69) is 34.4 Å². The first-order valence-electron chi connectivity index (χ1n) is 9.03. The predicted octanol–water partition coefficient (Wildman–Crippen LogP) is 2.27. The number of primary amides is 1. The Morgan fingerprint density at radius 2 is 2.08 bits per heavy atom. The third kappa shape index (κ3) is 5.38. The van der Waals surface area contributed by atoms with Crippen LogP contribution in [0.5, 0.6) is 0 Å². The Bertz CT molecular complexity index is 605. The van der Waals surface area contributed by atoms with Crippen LogP contribution >= 0.6 is 11.6 Å². The summed E-state index contributed by atoms with van der Waals surface area (Å²) in [5.41, 5.74) is 7.12. The molecular formula is C18H30ClN5O2. The van der Waals surface area contributed by atoms with Crippen LogP contribution in [0.4, 0.5) is 17.2 Å². The Balaban J connectivity index is 2.22.